The van der Waals surface area contributed by atoms with Crippen LogP contribution in [0.2, 0.25) is 0 Å². The lowest BCUT2D eigenvalue weighted by atomic mass is 10.3. The van der Waals surface area contributed by atoms with Gasteiger partial charge in [-0.2, -0.15) is 10.5 Å². The third-order valence-electron chi connectivity index (χ3n) is 3.52. The molecule has 0 saturated heterocycles. The van der Waals surface area contributed by atoms with E-state index in [4.69, 9.17) is 5.26 Å². The second-order valence-corrected chi connectivity index (χ2v) is 6.58. The highest BCUT2D eigenvalue weighted by Crippen LogP contribution is 2.22. The van der Waals surface area contributed by atoms with Crippen LogP contribution in [0.3, 0.4) is 0 Å². The number of thioether (sulfide) groups is 1. The molecule has 3 aromatic rings. The van der Waals surface area contributed by atoms with Crippen molar-refractivity contribution in [1.82, 2.24) is 20.6 Å². The molecule has 1 aromatic heterocycles. The maximum atomic E-state index is 13.5. The first-order valence-electron chi connectivity index (χ1n) is 8.13. The minimum Gasteiger partial charge on any atom is -0.360 e. The maximum Gasteiger partial charge on any atom is 0.234 e. The monoisotopic (exact) mass is 413 g/mol. The fourth-order valence-corrected chi connectivity index (χ4v) is 2.85. The van der Waals surface area contributed by atoms with E-state index in [1.165, 1.54) is 18.0 Å². The molecule has 0 saturated carbocycles. The molecule has 3 rings (SSSR count). The van der Waals surface area contributed by atoms with Gasteiger partial charge in [-0.25, -0.2) is 8.78 Å². The Morgan fingerprint density at radius 3 is 2.72 bits per heavy atom. The highest BCUT2D eigenvalue weighted by Gasteiger charge is 2.09. The largest absolute Gasteiger partial charge is 0.360 e. The van der Waals surface area contributed by atoms with Crippen molar-refractivity contribution >= 4 is 34.6 Å². The second-order valence-electron chi connectivity index (χ2n) is 5.53. The van der Waals surface area contributed by atoms with Gasteiger partial charge in [0.15, 0.2) is 0 Å². The fourth-order valence-electron chi connectivity index (χ4n) is 2.15. The standard InChI is InChI=1S/C18H13F2N7OS/c19-12-1-6-15(20)16(7-12)23-17(28)10-29-14-4-2-13(3-5-14)22-9-11(8-21)18-24-26-27-25-18/h1-7,9,22H,10H2,(H,23,28)(H,24,25,26,27). The maximum absolute atomic E-state index is 13.5. The van der Waals surface area contributed by atoms with E-state index >= 15 is 0 Å². The van der Waals surface area contributed by atoms with Crippen molar-refractivity contribution in [2.75, 3.05) is 16.4 Å². The van der Waals surface area contributed by atoms with Crippen LogP contribution in [-0.4, -0.2) is 32.3 Å². The average Bonchev–Trinajstić information content (AvgIpc) is 3.25. The van der Waals surface area contributed by atoms with Crippen LogP contribution in [0.15, 0.2) is 53.6 Å². The molecule has 29 heavy (non-hydrogen) atoms. The molecule has 2 aromatic carbocycles. The summed E-state index contributed by atoms with van der Waals surface area (Å²) in [6.45, 7) is 0. The molecule has 1 amide bonds. The minimum absolute atomic E-state index is 0.0268. The number of carbonyl (C=O) groups is 1. The molecule has 0 fully saturated rings. The third-order valence-corrected chi connectivity index (χ3v) is 4.53. The molecule has 146 valence electrons. The minimum atomic E-state index is -0.703. The van der Waals surface area contributed by atoms with Crippen LogP contribution in [0, 0.1) is 23.0 Å². The number of hydrogen-bond acceptors (Lipinski definition) is 7. The molecule has 0 bridgehead atoms. The van der Waals surface area contributed by atoms with Gasteiger partial charge in [0, 0.05) is 22.8 Å². The fraction of sp³-hybridized carbons (Fsp3) is 0.0556. The number of benzene rings is 2. The summed E-state index contributed by atoms with van der Waals surface area (Å²) in [6.07, 6.45) is 1.45. The number of tetrazole rings is 1. The van der Waals surface area contributed by atoms with Crippen LogP contribution in [0.1, 0.15) is 5.82 Å². The van der Waals surface area contributed by atoms with Gasteiger partial charge in [0.05, 0.1) is 11.4 Å². The van der Waals surface area contributed by atoms with Crippen molar-refractivity contribution in [1.29, 1.82) is 5.26 Å². The lowest BCUT2D eigenvalue weighted by Gasteiger charge is -2.07. The molecule has 3 N–H and O–H groups in total. The molecule has 8 nitrogen and oxygen atoms in total. The number of H-pyrrole nitrogens is 1. The number of anilines is 2. The number of carbonyl (C=O) groups excluding carboxylic acids is 1. The van der Waals surface area contributed by atoms with E-state index in [2.05, 4.69) is 31.3 Å². The molecule has 0 radical (unpaired) electrons. The normalized spacial score (nSPS) is 11.0. The number of rotatable bonds is 7. The predicted octanol–water partition coefficient (Wildman–Crippen LogP) is 3.19. The van der Waals surface area contributed by atoms with Crippen molar-refractivity contribution in [2.24, 2.45) is 0 Å². The van der Waals surface area contributed by atoms with Gasteiger partial charge < -0.3 is 10.6 Å². The molecule has 0 aliphatic carbocycles. The van der Waals surface area contributed by atoms with Crippen LogP contribution in [0.25, 0.3) is 5.57 Å². The van der Waals surface area contributed by atoms with Gasteiger partial charge in [0.2, 0.25) is 11.7 Å². The van der Waals surface area contributed by atoms with Crippen molar-refractivity contribution < 1.29 is 13.6 Å². The number of halogens is 2. The Bertz CT molecular complexity index is 1060. The van der Waals surface area contributed by atoms with Crippen LogP contribution < -0.4 is 10.6 Å². The topological polar surface area (TPSA) is 119 Å². The van der Waals surface area contributed by atoms with Gasteiger partial charge in [-0.05, 0) is 41.6 Å². The number of nitrogens with one attached hydrogen (secondary N) is 3. The molecule has 0 aliphatic heterocycles. The lowest BCUT2D eigenvalue weighted by molar-refractivity contribution is -0.113. The Morgan fingerprint density at radius 1 is 1.24 bits per heavy atom. The Balaban J connectivity index is 1.53. The zero-order valence-electron chi connectivity index (χ0n) is 14.7. The van der Waals surface area contributed by atoms with E-state index in [1.807, 2.05) is 6.07 Å². The number of aromatic nitrogens is 4. The smallest absolute Gasteiger partial charge is 0.234 e. The first-order valence-corrected chi connectivity index (χ1v) is 9.12. The molecule has 0 spiro atoms. The van der Waals surface area contributed by atoms with E-state index in [1.54, 1.807) is 24.3 Å². The van der Waals surface area contributed by atoms with E-state index in [9.17, 15) is 13.6 Å². The van der Waals surface area contributed by atoms with Crippen LogP contribution in [-0.2, 0) is 4.79 Å². The number of allylic oxidation sites excluding steroid dienone is 1. The van der Waals surface area contributed by atoms with Crippen molar-refractivity contribution in [2.45, 2.75) is 4.90 Å². The van der Waals surface area contributed by atoms with Gasteiger partial charge in [0.25, 0.3) is 0 Å². The number of hydrogen-bond donors (Lipinski definition) is 3. The van der Waals surface area contributed by atoms with Crippen LogP contribution in [0.5, 0.6) is 0 Å². The Kier molecular flexibility index (Phi) is 6.49. The summed E-state index contributed by atoms with van der Waals surface area (Å²) < 4.78 is 26.7. The zero-order valence-corrected chi connectivity index (χ0v) is 15.5. The highest BCUT2D eigenvalue weighted by atomic mass is 32.2. The number of nitriles is 1. The molecule has 1 heterocycles. The summed E-state index contributed by atoms with van der Waals surface area (Å²) in [6, 6.07) is 11.9. The first kappa shape index (κ1) is 20.0. The summed E-state index contributed by atoms with van der Waals surface area (Å²) in [4.78, 5) is 12.7. The summed E-state index contributed by atoms with van der Waals surface area (Å²) in [5, 5.41) is 27.5. The predicted molar refractivity (Wildman–Crippen MR) is 104 cm³/mol. The molecule has 11 heteroatoms. The quantitative estimate of drug-likeness (QED) is 0.402. The summed E-state index contributed by atoms with van der Waals surface area (Å²) in [5.74, 6) is -1.59. The van der Waals surface area contributed by atoms with Crippen molar-refractivity contribution in [3.05, 3.63) is 66.1 Å². The summed E-state index contributed by atoms with van der Waals surface area (Å²) >= 11 is 1.24. The zero-order chi connectivity index (χ0) is 20.6. The molecule has 0 unspecified atom stereocenters. The van der Waals surface area contributed by atoms with Gasteiger partial charge in [0.1, 0.15) is 23.3 Å². The van der Waals surface area contributed by atoms with E-state index in [0.717, 1.165) is 23.1 Å². The number of aromatic amines is 1. The van der Waals surface area contributed by atoms with Crippen molar-refractivity contribution in [3.63, 3.8) is 0 Å². The van der Waals surface area contributed by atoms with Crippen molar-refractivity contribution in [3.8, 4) is 6.07 Å². The van der Waals surface area contributed by atoms with E-state index in [-0.39, 0.29) is 22.8 Å². The second kappa shape index (κ2) is 9.43. The summed E-state index contributed by atoms with van der Waals surface area (Å²) in [7, 11) is 0. The van der Waals surface area contributed by atoms with E-state index < -0.39 is 17.5 Å². The average molecular weight is 413 g/mol. The van der Waals surface area contributed by atoms with Crippen LogP contribution in [0.4, 0.5) is 20.2 Å². The Labute approximate surface area is 168 Å². The van der Waals surface area contributed by atoms with Gasteiger partial charge in [-0.3, -0.25) is 4.79 Å². The van der Waals surface area contributed by atoms with Gasteiger partial charge >= 0.3 is 0 Å². The number of nitrogens with zero attached hydrogens (tertiary/aromatic N) is 4. The third kappa shape index (κ3) is 5.60. The SMILES string of the molecule is N#CC(=CNc1ccc(SCC(=O)Nc2cc(F)ccc2F)cc1)c1nn[nH]n1. The molecule has 0 aliphatic rings. The molecular formula is C18H13F2N7OS. The molecular weight excluding hydrogens is 400 g/mol. The highest BCUT2D eigenvalue weighted by molar-refractivity contribution is 8.00. The van der Waals surface area contributed by atoms with E-state index in [0.29, 0.717) is 5.69 Å². The van der Waals surface area contributed by atoms with Gasteiger partial charge in [-0.1, -0.05) is 0 Å². The Hall–Kier alpha value is -3.78. The van der Waals surface area contributed by atoms with Crippen LogP contribution >= 0.6 is 11.8 Å². The molecule has 0 atom stereocenters. The Morgan fingerprint density at radius 2 is 2.03 bits per heavy atom. The number of amides is 1. The summed E-state index contributed by atoms with van der Waals surface area (Å²) in [5.41, 5.74) is 0.715. The first-order chi connectivity index (χ1) is 14.0. The lowest BCUT2D eigenvalue weighted by Crippen LogP contribution is -2.15. The van der Waals surface area contributed by atoms with Gasteiger partial charge in [-0.15, -0.1) is 22.0 Å².